The summed E-state index contributed by atoms with van der Waals surface area (Å²) in [4.78, 5) is 9.31. The topological polar surface area (TPSA) is 61.5 Å². The van der Waals surface area contributed by atoms with Crippen molar-refractivity contribution >= 4 is 23.5 Å². The molecule has 0 bridgehead atoms. The highest BCUT2D eigenvalue weighted by Crippen LogP contribution is 2.27. The minimum absolute atomic E-state index is 0.0966. The van der Waals surface area contributed by atoms with Crippen LogP contribution in [0.3, 0.4) is 0 Å². The molecule has 0 amide bonds. The molecule has 5 rings (SSSR count). The number of para-hydroxylation sites is 1. The fourth-order valence-corrected chi connectivity index (χ4v) is 5.26. The Morgan fingerprint density at radius 1 is 0.892 bits per heavy atom. The maximum absolute atomic E-state index is 12.8. The van der Waals surface area contributed by atoms with Gasteiger partial charge in [-0.2, -0.15) is 8.78 Å². The van der Waals surface area contributed by atoms with E-state index in [-0.39, 0.29) is 5.89 Å². The first-order chi connectivity index (χ1) is 18.2. The molecular formula is C27H28F2N6OS. The van der Waals surface area contributed by atoms with Gasteiger partial charge in [-0.05, 0) is 53.9 Å². The third kappa shape index (κ3) is 6.64. The highest BCUT2D eigenvalue weighted by Gasteiger charge is 2.19. The molecule has 0 N–H and O–H groups in total. The molecule has 4 aromatic rings. The Labute approximate surface area is 219 Å². The first-order valence-corrected chi connectivity index (χ1v) is 13.1. The lowest BCUT2D eigenvalue weighted by atomic mass is 10.1. The van der Waals surface area contributed by atoms with E-state index in [1.165, 1.54) is 0 Å². The van der Waals surface area contributed by atoms with Crippen molar-refractivity contribution in [3.8, 4) is 11.5 Å². The SMILES string of the molecule is FC(F)c1nnc(-c2ccc(CN(SCCN3CCN(c4ccccn4)CC3)c3ccccc3)cc2)o1. The molecule has 0 atom stereocenters. The number of alkyl halides is 2. The zero-order valence-corrected chi connectivity index (χ0v) is 21.1. The Morgan fingerprint density at radius 3 is 2.32 bits per heavy atom. The van der Waals surface area contributed by atoms with Gasteiger partial charge in [-0.1, -0.05) is 36.4 Å². The van der Waals surface area contributed by atoms with E-state index in [0.29, 0.717) is 12.1 Å². The van der Waals surface area contributed by atoms with Crippen molar-refractivity contribution in [3.05, 3.63) is 90.4 Å². The number of aromatic nitrogens is 3. The van der Waals surface area contributed by atoms with Gasteiger partial charge in [0.2, 0.25) is 5.89 Å². The maximum Gasteiger partial charge on any atom is 0.314 e. The van der Waals surface area contributed by atoms with Gasteiger partial charge in [-0.15, -0.1) is 10.2 Å². The second-order valence-corrected chi connectivity index (χ2v) is 9.77. The van der Waals surface area contributed by atoms with E-state index in [0.717, 1.165) is 55.5 Å². The summed E-state index contributed by atoms with van der Waals surface area (Å²) in [6, 6.07) is 23.9. The zero-order valence-electron chi connectivity index (χ0n) is 20.3. The van der Waals surface area contributed by atoms with Crippen LogP contribution in [0.5, 0.6) is 0 Å². The fourth-order valence-electron chi connectivity index (χ4n) is 4.19. The maximum atomic E-state index is 12.8. The summed E-state index contributed by atoms with van der Waals surface area (Å²) in [6.07, 6.45) is -0.931. The molecule has 0 spiro atoms. The van der Waals surface area contributed by atoms with Crippen LogP contribution in [0.15, 0.2) is 83.4 Å². The Hall–Kier alpha value is -3.50. The molecule has 2 aromatic heterocycles. The number of halogens is 2. The molecule has 1 saturated heterocycles. The molecular weight excluding hydrogens is 494 g/mol. The molecule has 1 aliphatic heterocycles. The molecule has 0 saturated carbocycles. The van der Waals surface area contributed by atoms with Gasteiger partial charge in [0.15, 0.2) is 0 Å². The van der Waals surface area contributed by atoms with Gasteiger partial charge in [0.05, 0.1) is 6.54 Å². The minimum Gasteiger partial charge on any atom is -0.415 e. The molecule has 1 aliphatic rings. The summed E-state index contributed by atoms with van der Waals surface area (Å²) < 4.78 is 32.9. The van der Waals surface area contributed by atoms with Crippen molar-refractivity contribution < 1.29 is 13.2 Å². The van der Waals surface area contributed by atoms with Crippen LogP contribution < -0.4 is 9.21 Å². The molecule has 192 valence electrons. The van der Waals surface area contributed by atoms with Crippen molar-refractivity contribution in [1.82, 2.24) is 20.1 Å². The summed E-state index contributed by atoms with van der Waals surface area (Å²) in [5, 5.41) is 7.14. The highest BCUT2D eigenvalue weighted by atomic mass is 32.2. The lowest BCUT2D eigenvalue weighted by Gasteiger charge is -2.35. The number of benzene rings is 2. The van der Waals surface area contributed by atoms with E-state index in [4.69, 9.17) is 4.42 Å². The molecule has 3 heterocycles. The standard InChI is InChI=1S/C27H28F2N6OS/c28-25(29)27-32-31-26(36-27)22-11-9-21(10-12-22)20-35(23-6-2-1-3-7-23)37-19-18-33-14-16-34(17-15-33)24-8-4-5-13-30-24/h1-13,25H,14-20H2. The van der Waals surface area contributed by atoms with Crippen LogP contribution in [-0.4, -0.2) is 58.6 Å². The number of rotatable bonds is 10. The number of hydrogen-bond acceptors (Lipinski definition) is 8. The third-order valence-corrected chi connectivity index (χ3v) is 7.22. The Kier molecular flexibility index (Phi) is 8.27. The Bertz CT molecular complexity index is 1230. The molecule has 7 nitrogen and oxygen atoms in total. The van der Waals surface area contributed by atoms with Crippen molar-refractivity contribution in [2.75, 3.05) is 47.7 Å². The predicted molar refractivity (Wildman–Crippen MR) is 143 cm³/mol. The quantitative estimate of drug-likeness (QED) is 0.252. The van der Waals surface area contributed by atoms with Gasteiger partial charge in [0, 0.05) is 55.9 Å². The van der Waals surface area contributed by atoms with E-state index >= 15 is 0 Å². The Balaban J connectivity index is 1.17. The van der Waals surface area contributed by atoms with Gasteiger partial charge in [0.1, 0.15) is 5.82 Å². The van der Waals surface area contributed by atoms with Crippen molar-refractivity contribution in [3.63, 3.8) is 0 Å². The van der Waals surface area contributed by atoms with E-state index in [9.17, 15) is 8.78 Å². The van der Waals surface area contributed by atoms with Crippen LogP contribution in [0.25, 0.3) is 11.5 Å². The van der Waals surface area contributed by atoms with Gasteiger partial charge in [0.25, 0.3) is 5.89 Å². The van der Waals surface area contributed by atoms with E-state index in [1.807, 2.05) is 72.7 Å². The molecule has 0 aliphatic carbocycles. The third-order valence-electron chi connectivity index (χ3n) is 6.20. The van der Waals surface area contributed by atoms with Crippen molar-refractivity contribution in [2.24, 2.45) is 0 Å². The van der Waals surface area contributed by atoms with E-state index < -0.39 is 12.3 Å². The van der Waals surface area contributed by atoms with Crippen LogP contribution in [0.4, 0.5) is 20.3 Å². The van der Waals surface area contributed by atoms with Crippen LogP contribution in [0.2, 0.25) is 0 Å². The minimum atomic E-state index is -2.78. The van der Waals surface area contributed by atoms with E-state index in [1.54, 1.807) is 0 Å². The van der Waals surface area contributed by atoms with Crippen LogP contribution in [0.1, 0.15) is 17.9 Å². The van der Waals surface area contributed by atoms with Gasteiger partial charge in [-0.25, -0.2) is 4.98 Å². The number of pyridine rings is 1. The molecule has 37 heavy (non-hydrogen) atoms. The fraction of sp³-hybridized carbons (Fsp3) is 0.296. The second kappa shape index (κ2) is 12.2. The molecule has 2 aromatic carbocycles. The Morgan fingerprint density at radius 2 is 1.65 bits per heavy atom. The molecule has 10 heteroatoms. The van der Waals surface area contributed by atoms with Gasteiger partial charge < -0.3 is 13.6 Å². The summed E-state index contributed by atoms with van der Waals surface area (Å²) >= 11 is 1.81. The average Bonchev–Trinajstić information content (AvgIpc) is 3.45. The first-order valence-electron chi connectivity index (χ1n) is 12.2. The van der Waals surface area contributed by atoms with Crippen LogP contribution >= 0.6 is 11.9 Å². The lowest BCUT2D eigenvalue weighted by Crippen LogP contribution is -2.47. The predicted octanol–water partition coefficient (Wildman–Crippen LogP) is 5.55. The number of anilines is 2. The van der Waals surface area contributed by atoms with Crippen LogP contribution in [0, 0.1) is 0 Å². The van der Waals surface area contributed by atoms with Crippen molar-refractivity contribution in [2.45, 2.75) is 13.0 Å². The van der Waals surface area contributed by atoms with Crippen LogP contribution in [-0.2, 0) is 6.54 Å². The number of piperazine rings is 1. The molecule has 0 radical (unpaired) electrons. The lowest BCUT2D eigenvalue weighted by molar-refractivity contribution is 0.116. The average molecular weight is 523 g/mol. The summed E-state index contributed by atoms with van der Waals surface area (Å²) in [5.41, 5.74) is 2.85. The summed E-state index contributed by atoms with van der Waals surface area (Å²) in [6.45, 7) is 5.71. The summed E-state index contributed by atoms with van der Waals surface area (Å²) in [5.74, 6) is 1.45. The largest absolute Gasteiger partial charge is 0.415 e. The normalized spacial score (nSPS) is 14.3. The van der Waals surface area contributed by atoms with Gasteiger partial charge >= 0.3 is 6.43 Å². The monoisotopic (exact) mass is 522 g/mol. The number of hydrogen-bond donors (Lipinski definition) is 0. The second-order valence-electron chi connectivity index (χ2n) is 8.67. The molecule has 1 fully saturated rings. The van der Waals surface area contributed by atoms with Gasteiger partial charge in [-0.3, -0.25) is 4.90 Å². The zero-order chi connectivity index (χ0) is 25.5. The highest BCUT2D eigenvalue weighted by molar-refractivity contribution is 8.00. The smallest absolute Gasteiger partial charge is 0.314 e. The number of nitrogens with zero attached hydrogens (tertiary/aromatic N) is 6. The first kappa shape index (κ1) is 25.2. The summed E-state index contributed by atoms with van der Waals surface area (Å²) in [7, 11) is 0. The van der Waals surface area contributed by atoms with Crippen molar-refractivity contribution in [1.29, 1.82) is 0 Å². The van der Waals surface area contributed by atoms with E-state index in [2.05, 4.69) is 47.5 Å². The molecule has 0 unspecified atom stereocenters.